The van der Waals surface area contributed by atoms with Gasteiger partial charge in [-0.1, -0.05) is 0 Å². The second kappa shape index (κ2) is 6.95. The number of hydrogen-bond acceptors (Lipinski definition) is 4. The molecule has 0 unspecified atom stereocenters. The van der Waals surface area contributed by atoms with E-state index in [2.05, 4.69) is 14.9 Å². The van der Waals surface area contributed by atoms with Crippen LogP contribution >= 0.6 is 0 Å². The van der Waals surface area contributed by atoms with Crippen molar-refractivity contribution in [3.63, 3.8) is 0 Å². The van der Waals surface area contributed by atoms with E-state index in [1.165, 1.54) is 12.8 Å². The van der Waals surface area contributed by atoms with Crippen LogP contribution in [0.5, 0.6) is 11.5 Å². The first-order chi connectivity index (χ1) is 11.6. The van der Waals surface area contributed by atoms with Gasteiger partial charge in [0.25, 0.3) is 5.91 Å². The average molecular weight is 329 g/mol. The molecule has 1 aromatic heterocycles. The van der Waals surface area contributed by atoms with E-state index >= 15 is 0 Å². The van der Waals surface area contributed by atoms with Crippen LogP contribution in [0.25, 0.3) is 0 Å². The van der Waals surface area contributed by atoms with Crippen molar-refractivity contribution in [2.45, 2.75) is 32.2 Å². The van der Waals surface area contributed by atoms with Gasteiger partial charge in [-0.15, -0.1) is 0 Å². The molecule has 1 N–H and O–H groups in total. The Morgan fingerprint density at radius 3 is 2.79 bits per heavy atom. The molecule has 3 rings (SSSR count). The molecule has 1 aliphatic rings. The molecule has 1 saturated carbocycles. The molecular weight excluding hydrogens is 306 g/mol. The van der Waals surface area contributed by atoms with Crippen molar-refractivity contribution >= 4 is 5.91 Å². The van der Waals surface area contributed by atoms with E-state index in [1.807, 2.05) is 13.1 Å². The molecule has 1 heterocycles. The first-order valence-electron chi connectivity index (χ1n) is 8.16. The normalized spacial score (nSPS) is 13.6. The quantitative estimate of drug-likeness (QED) is 0.848. The van der Waals surface area contributed by atoms with Gasteiger partial charge in [-0.3, -0.25) is 4.79 Å². The molecule has 6 heteroatoms. The number of nitrogens with one attached hydrogen (secondary N) is 1. The first-order valence-corrected chi connectivity index (χ1v) is 8.16. The summed E-state index contributed by atoms with van der Waals surface area (Å²) in [6.07, 6.45) is 4.33. The van der Waals surface area contributed by atoms with Gasteiger partial charge in [-0.2, -0.15) is 0 Å². The third-order valence-electron chi connectivity index (χ3n) is 4.30. The van der Waals surface area contributed by atoms with Crippen LogP contribution in [0.3, 0.4) is 0 Å². The number of aryl methyl sites for hydroxylation is 1. The Morgan fingerprint density at radius 1 is 1.33 bits per heavy atom. The average Bonchev–Trinajstić information content (AvgIpc) is 3.38. The van der Waals surface area contributed by atoms with Crippen molar-refractivity contribution in [3.8, 4) is 11.5 Å². The summed E-state index contributed by atoms with van der Waals surface area (Å²) in [5, 5.41) is 2.95. The zero-order chi connectivity index (χ0) is 17.1. The fourth-order valence-electron chi connectivity index (χ4n) is 2.80. The molecule has 0 atom stereocenters. The van der Waals surface area contributed by atoms with E-state index in [0.29, 0.717) is 29.5 Å². The minimum Gasteiger partial charge on any atom is -0.497 e. The van der Waals surface area contributed by atoms with Crippen LogP contribution < -0.4 is 14.8 Å². The molecule has 1 amide bonds. The van der Waals surface area contributed by atoms with Gasteiger partial charge in [0.1, 0.15) is 17.3 Å². The predicted molar refractivity (Wildman–Crippen MR) is 90.8 cm³/mol. The highest BCUT2D eigenvalue weighted by atomic mass is 16.5. The van der Waals surface area contributed by atoms with Gasteiger partial charge in [0.15, 0.2) is 0 Å². The SMILES string of the molecule is COc1ccc(C(=O)NCCn2c(C)cnc2C2CC2)c(OC)c1. The van der Waals surface area contributed by atoms with Crippen molar-refractivity contribution in [2.75, 3.05) is 20.8 Å². The minimum absolute atomic E-state index is 0.153. The lowest BCUT2D eigenvalue weighted by atomic mass is 10.1. The Morgan fingerprint density at radius 2 is 2.12 bits per heavy atom. The summed E-state index contributed by atoms with van der Waals surface area (Å²) in [4.78, 5) is 16.9. The van der Waals surface area contributed by atoms with Crippen molar-refractivity contribution in [2.24, 2.45) is 0 Å². The van der Waals surface area contributed by atoms with Crippen LogP contribution in [0.4, 0.5) is 0 Å². The number of ether oxygens (including phenoxy) is 2. The lowest BCUT2D eigenvalue weighted by Gasteiger charge is -2.13. The topological polar surface area (TPSA) is 65.4 Å². The van der Waals surface area contributed by atoms with Gasteiger partial charge in [-0.05, 0) is 31.9 Å². The van der Waals surface area contributed by atoms with Crippen LogP contribution in [0.2, 0.25) is 0 Å². The number of benzene rings is 1. The van der Waals surface area contributed by atoms with Crippen molar-refractivity contribution in [1.82, 2.24) is 14.9 Å². The molecular formula is C18H23N3O3. The molecule has 1 aliphatic carbocycles. The summed E-state index contributed by atoms with van der Waals surface area (Å²) in [6, 6.07) is 5.17. The maximum atomic E-state index is 12.4. The number of hydrogen-bond donors (Lipinski definition) is 1. The number of carbonyl (C=O) groups is 1. The Labute approximate surface area is 141 Å². The smallest absolute Gasteiger partial charge is 0.255 e. The van der Waals surface area contributed by atoms with E-state index in [-0.39, 0.29) is 5.91 Å². The highest BCUT2D eigenvalue weighted by molar-refractivity contribution is 5.97. The molecule has 6 nitrogen and oxygen atoms in total. The fourth-order valence-corrected chi connectivity index (χ4v) is 2.80. The first kappa shape index (κ1) is 16.4. The second-order valence-corrected chi connectivity index (χ2v) is 6.01. The third kappa shape index (κ3) is 3.37. The highest BCUT2D eigenvalue weighted by Crippen LogP contribution is 2.39. The maximum Gasteiger partial charge on any atom is 0.255 e. The molecule has 24 heavy (non-hydrogen) atoms. The number of rotatable bonds is 7. The molecule has 0 saturated heterocycles. The van der Waals surface area contributed by atoms with E-state index in [1.54, 1.807) is 32.4 Å². The summed E-state index contributed by atoms with van der Waals surface area (Å²) in [5.41, 5.74) is 1.64. The molecule has 0 spiro atoms. The predicted octanol–water partition coefficient (Wildman–Crippen LogP) is 2.52. The van der Waals surface area contributed by atoms with Gasteiger partial charge < -0.3 is 19.4 Å². The fraction of sp³-hybridized carbons (Fsp3) is 0.444. The van der Waals surface area contributed by atoms with Gasteiger partial charge in [-0.25, -0.2) is 4.98 Å². The summed E-state index contributed by atoms with van der Waals surface area (Å²) in [6.45, 7) is 3.32. The largest absolute Gasteiger partial charge is 0.497 e. The summed E-state index contributed by atoms with van der Waals surface area (Å²) < 4.78 is 12.6. The second-order valence-electron chi connectivity index (χ2n) is 6.01. The zero-order valence-corrected chi connectivity index (χ0v) is 14.3. The van der Waals surface area contributed by atoms with Crippen LogP contribution in [0.15, 0.2) is 24.4 Å². The van der Waals surface area contributed by atoms with Crippen LogP contribution in [-0.4, -0.2) is 36.2 Å². The molecule has 0 aliphatic heterocycles. The van der Waals surface area contributed by atoms with Crippen LogP contribution in [-0.2, 0) is 6.54 Å². The molecule has 1 fully saturated rings. The van der Waals surface area contributed by atoms with E-state index in [4.69, 9.17) is 9.47 Å². The van der Waals surface area contributed by atoms with E-state index in [9.17, 15) is 4.79 Å². The zero-order valence-electron chi connectivity index (χ0n) is 14.3. The summed E-state index contributed by atoms with van der Waals surface area (Å²) >= 11 is 0. The molecule has 1 aromatic carbocycles. The Bertz CT molecular complexity index is 735. The standard InChI is InChI=1S/C18H23N3O3/c1-12-11-20-17(13-4-5-13)21(12)9-8-19-18(22)15-7-6-14(23-2)10-16(15)24-3/h6-7,10-11,13H,4-5,8-9H2,1-3H3,(H,19,22). The van der Waals surface area contributed by atoms with E-state index in [0.717, 1.165) is 18.1 Å². The van der Waals surface area contributed by atoms with Gasteiger partial charge >= 0.3 is 0 Å². The van der Waals surface area contributed by atoms with Crippen molar-refractivity contribution in [1.29, 1.82) is 0 Å². The van der Waals surface area contributed by atoms with Gasteiger partial charge in [0, 0.05) is 37.0 Å². The number of methoxy groups -OCH3 is 2. The van der Waals surface area contributed by atoms with Gasteiger partial charge in [0.2, 0.25) is 0 Å². The summed E-state index contributed by atoms with van der Waals surface area (Å²) in [5.74, 6) is 2.75. The highest BCUT2D eigenvalue weighted by Gasteiger charge is 2.28. The van der Waals surface area contributed by atoms with Gasteiger partial charge in [0.05, 0.1) is 19.8 Å². The van der Waals surface area contributed by atoms with Crippen molar-refractivity contribution in [3.05, 3.63) is 41.5 Å². The molecule has 2 aromatic rings. The lowest BCUT2D eigenvalue weighted by molar-refractivity contribution is 0.0949. The number of imidazole rings is 1. The number of amides is 1. The Kier molecular flexibility index (Phi) is 4.74. The Balaban J connectivity index is 1.63. The van der Waals surface area contributed by atoms with Crippen molar-refractivity contribution < 1.29 is 14.3 Å². The van der Waals surface area contributed by atoms with E-state index < -0.39 is 0 Å². The lowest BCUT2D eigenvalue weighted by Crippen LogP contribution is -2.28. The minimum atomic E-state index is -0.153. The van der Waals surface area contributed by atoms with Crippen LogP contribution in [0, 0.1) is 6.92 Å². The Hall–Kier alpha value is -2.50. The molecule has 0 bridgehead atoms. The number of nitrogens with zero attached hydrogens (tertiary/aromatic N) is 2. The maximum absolute atomic E-state index is 12.4. The van der Waals surface area contributed by atoms with Crippen LogP contribution in [0.1, 0.15) is 40.6 Å². The molecule has 128 valence electrons. The number of aromatic nitrogens is 2. The number of carbonyl (C=O) groups excluding carboxylic acids is 1. The summed E-state index contributed by atoms with van der Waals surface area (Å²) in [7, 11) is 3.13. The third-order valence-corrected chi connectivity index (χ3v) is 4.30. The monoisotopic (exact) mass is 329 g/mol. The molecule has 0 radical (unpaired) electrons.